The van der Waals surface area contributed by atoms with E-state index in [4.69, 9.17) is 0 Å². The van der Waals surface area contributed by atoms with Gasteiger partial charge in [-0.15, -0.1) is 6.58 Å². The molecule has 270 valence electrons. The van der Waals surface area contributed by atoms with Gasteiger partial charge in [-0.2, -0.15) is 0 Å². The Morgan fingerprint density at radius 3 is 2.12 bits per heavy atom. The lowest BCUT2D eigenvalue weighted by atomic mass is 9.83. The van der Waals surface area contributed by atoms with Crippen molar-refractivity contribution < 1.29 is 32.4 Å². The largest absolute Gasteiger partial charge is 0.346 e. The van der Waals surface area contributed by atoms with Crippen LogP contribution in [0.4, 0.5) is 4.79 Å². The van der Waals surface area contributed by atoms with Gasteiger partial charge >= 0.3 is 6.03 Å². The smallest absolute Gasteiger partial charge is 0.315 e. The van der Waals surface area contributed by atoms with Crippen LogP contribution in [-0.2, 0) is 29.0 Å². The molecule has 2 saturated carbocycles. The van der Waals surface area contributed by atoms with E-state index in [1.54, 1.807) is 41.5 Å². The second-order valence-corrected chi connectivity index (χ2v) is 18.5. The van der Waals surface area contributed by atoms with Crippen molar-refractivity contribution >= 4 is 45.1 Å². The zero-order valence-corrected chi connectivity index (χ0v) is 30.6. The van der Waals surface area contributed by atoms with Crippen LogP contribution in [0.25, 0.3) is 0 Å². The molecule has 13 nitrogen and oxygen atoms in total. The lowest BCUT2D eigenvalue weighted by Crippen LogP contribution is -2.63. The van der Waals surface area contributed by atoms with Gasteiger partial charge in [-0.1, -0.05) is 59.0 Å². The van der Waals surface area contributed by atoms with E-state index in [0.29, 0.717) is 19.3 Å². The molecule has 3 rings (SSSR count). The van der Waals surface area contributed by atoms with Crippen LogP contribution < -0.4 is 21.3 Å². The highest BCUT2D eigenvalue weighted by Gasteiger charge is 2.44. The Labute approximate surface area is 285 Å². The van der Waals surface area contributed by atoms with E-state index in [2.05, 4.69) is 32.8 Å². The molecule has 4 N–H and O–H groups in total. The highest BCUT2D eigenvalue weighted by Crippen LogP contribution is 2.34. The number of rotatable bonds is 16. The third-order valence-corrected chi connectivity index (χ3v) is 12.1. The first-order valence-electron chi connectivity index (χ1n) is 17.1. The van der Waals surface area contributed by atoms with Crippen molar-refractivity contribution in [3.05, 3.63) is 12.7 Å². The van der Waals surface area contributed by atoms with E-state index in [9.17, 15) is 32.4 Å². The van der Waals surface area contributed by atoms with Crippen LogP contribution >= 0.6 is 0 Å². The lowest BCUT2D eigenvalue weighted by Gasteiger charge is -2.41. The fraction of sp³-hybridized carbons (Fsp3) is 0.765. The van der Waals surface area contributed by atoms with Crippen molar-refractivity contribution in [3.8, 4) is 0 Å². The SMILES string of the molecule is C=CCNC(=O)C(=O)C(CC1CC1)NC(=O)CN(CC1=NC1C)C(=O)[C@@H](NC(=O)NC1(CS(=O)(=O)C(C)(C)C)CCCCC1)C(C)(C)C. The van der Waals surface area contributed by atoms with E-state index in [-0.39, 0.29) is 30.8 Å². The number of aliphatic imine (C=N–C) groups is 1. The summed E-state index contributed by atoms with van der Waals surface area (Å²) >= 11 is 0. The minimum atomic E-state index is -3.57. The number of Topliss-reactive ketones (excluding diaryl/α,β-unsaturated/α-hetero) is 1. The van der Waals surface area contributed by atoms with Crippen LogP contribution in [-0.4, -0.2) is 102 Å². The maximum Gasteiger partial charge on any atom is 0.315 e. The molecule has 48 heavy (non-hydrogen) atoms. The molecule has 0 aromatic carbocycles. The monoisotopic (exact) mass is 692 g/mol. The first-order valence-corrected chi connectivity index (χ1v) is 18.7. The fourth-order valence-electron chi connectivity index (χ4n) is 5.89. The molecule has 0 saturated heterocycles. The fourth-order valence-corrected chi connectivity index (χ4v) is 7.41. The Hall–Kier alpha value is -3.29. The molecule has 14 heteroatoms. The van der Waals surface area contributed by atoms with Crippen molar-refractivity contribution in [2.75, 3.05) is 25.4 Å². The number of urea groups is 1. The third-order valence-electron chi connectivity index (χ3n) is 9.30. The minimum absolute atomic E-state index is 0.0537. The van der Waals surface area contributed by atoms with Crippen LogP contribution in [0.3, 0.4) is 0 Å². The third kappa shape index (κ3) is 11.1. The van der Waals surface area contributed by atoms with Gasteiger partial charge in [0.15, 0.2) is 9.84 Å². The maximum atomic E-state index is 14.2. The molecule has 0 bridgehead atoms. The molecule has 0 aromatic heterocycles. The Morgan fingerprint density at radius 2 is 1.62 bits per heavy atom. The summed E-state index contributed by atoms with van der Waals surface area (Å²) in [6, 6.07) is -2.87. The van der Waals surface area contributed by atoms with E-state index in [0.717, 1.165) is 37.8 Å². The number of hydrogen-bond acceptors (Lipinski definition) is 8. The number of amides is 5. The number of carbonyl (C=O) groups is 5. The summed E-state index contributed by atoms with van der Waals surface area (Å²) in [4.78, 5) is 72.2. The molecule has 0 spiro atoms. The van der Waals surface area contributed by atoms with Crippen molar-refractivity contribution in [1.29, 1.82) is 0 Å². The molecule has 1 heterocycles. The van der Waals surface area contributed by atoms with Crippen LogP contribution in [0.1, 0.15) is 99.8 Å². The second-order valence-electron chi connectivity index (χ2n) is 15.8. The van der Waals surface area contributed by atoms with E-state index in [1.807, 2.05) is 6.92 Å². The summed E-state index contributed by atoms with van der Waals surface area (Å²) in [5.74, 6) is -2.69. The molecule has 5 amide bonds. The van der Waals surface area contributed by atoms with Crippen molar-refractivity contribution in [2.45, 2.75) is 128 Å². The molecule has 1 aliphatic heterocycles. The topological polar surface area (TPSA) is 183 Å². The Bertz CT molecular complexity index is 1380. The van der Waals surface area contributed by atoms with Gasteiger partial charge in [0, 0.05) is 6.54 Å². The summed E-state index contributed by atoms with van der Waals surface area (Å²) in [6.07, 6.45) is 7.06. The molecule has 2 aliphatic carbocycles. The van der Waals surface area contributed by atoms with Gasteiger partial charge in [0.25, 0.3) is 5.91 Å². The molecular formula is C34H56N6O7S. The van der Waals surface area contributed by atoms with Crippen LogP contribution in [0.5, 0.6) is 0 Å². The van der Waals surface area contributed by atoms with Gasteiger partial charge in [-0.05, 0) is 58.3 Å². The van der Waals surface area contributed by atoms with Gasteiger partial charge in [-0.25, -0.2) is 13.2 Å². The lowest BCUT2D eigenvalue weighted by molar-refractivity contribution is -0.141. The Morgan fingerprint density at radius 1 is 1.02 bits per heavy atom. The average Bonchev–Trinajstić information content (AvgIpc) is 3.91. The van der Waals surface area contributed by atoms with Crippen molar-refractivity contribution in [2.24, 2.45) is 16.3 Å². The van der Waals surface area contributed by atoms with Gasteiger partial charge in [-0.3, -0.25) is 24.2 Å². The van der Waals surface area contributed by atoms with Gasteiger partial charge in [0.2, 0.25) is 17.6 Å². The van der Waals surface area contributed by atoms with Gasteiger partial charge < -0.3 is 26.2 Å². The molecule has 3 atom stereocenters. The van der Waals surface area contributed by atoms with Crippen molar-refractivity contribution in [1.82, 2.24) is 26.2 Å². The number of nitrogens with one attached hydrogen (secondary N) is 4. The molecule has 2 unspecified atom stereocenters. The van der Waals surface area contributed by atoms with Gasteiger partial charge in [0.1, 0.15) is 12.6 Å². The summed E-state index contributed by atoms with van der Waals surface area (Å²) < 4.78 is 25.5. The number of hydrogen-bond donors (Lipinski definition) is 4. The first kappa shape index (κ1) is 39.2. The predicted octanol–water partition coefficient (Wildman–Crippen LogP) is 2.44. The predicted molar refractivity (Wildman–Crippen MR) is 185 cm³/mol. The average molecular weight is 693 g/mol. The first-order chi connectivity index (χ1) is 22.2. The number of carbonyl (C=O) groups excluding carboxylic acids is 5. The molecule has 0 radical (unpaired) electrons. The zero-order chi connectivity index (χ0) is 36.1. The number of ketones is 1. The van der Waals surface area contributed by atoms with E-state index >= 15 is 0 Å². The number of sulfone groups is 1. The summed E-state index contributed by atoms with van der Waals surface area (Å²) in [5, 5.41) is 10.9. The quantitative estimate of drug-likeness (QED) is 0.142. The minimum Gasteiger partial charge on any atom is -0.346 e. The maximum absolute atomic E-state index is 14.2. The van der Waals surface area contributed by atoms with Gasteiger partial charge in [0.05, 0.1) is 40.4 Å². The zero-order valence-electron chi connectivity index (χ0n) is 29.7. The standard InChI is InChI=1S/C34H56N6O7S/c1-9-17-35-29(43)27(42)24(18-23-13-14-23)37-26(41)20-40(19-25-22(2)36-25)30(44)28(32(3,4)5)38-31(45)39-34(15-11-10-12-16-34)21-48(46,47)33(6,7)8/h9,22-24,28H,1,10-21H2,2-8H3,(H,35,43)(H,37,41)(H2,38,39,45)/t22?,24?,28-/m1/s1. The van der Waals surface area contributed by atoms with E-state index in [1.165, 1.54) is 11.0 Å². The summed E-state index contributed by atoms with van der Waals surface area (Å²) in [7, 11) is -3.57. The highest BCUT2D eigenvalue weighted by molar-refractivity contribution is 7.92. The Balaban J connectivity index is 1.79. The van der Waals surface area contributed by atoms with Crippen LogP contribution in [0.2, 0.25) is 0 Å². The molecule has 3 aliphatic rings. The second kappa shape index (κ2) is 15.5. The van der Waals surface area contributed by atoms with Crippen LogP contribution in [0, 0.1) is 11.3 Å². The normalized spacial score (nSPS) is 20.3. The number of nitrogens with zero attached hydrogens (tertiary/aromatic N) is 2. The van der Waals surface area contributed by atoms with Crippen molar-refractivity contribution in [3.63, 3.8) is 0 Å². The Kier molecular flexibility index (Phi) is 12.6. The van der Waals surface area contributed by atoms with E-state index < -0.39 is 73.7 Å². The highest BCUT2D eigenvalue weighted by atomic mass is 32.2. The van der Waals surface area contributed by atoms with Crippen LogP contribution in [0.15, 0.2) is 17.6 Å². The molecule has 0 aromatic rings. The molecular weight excluding hydrogens is 636 g/mol. The summed E-state index contributed by atoms with van der Waals surface area (Å²) in [6.45, 7) is 15.4. The summed E-state index contributed by atoms with van der Waals surface area (Å²) in [5.41, 5.74) is -1.06. The molecule has 2 fully saturated rings.